The van der Waals surface area contributed by atoms with Crippen LogP contribution in [0, 0.1) is 0 Å². The van der Waals surface area contributed by atoms with Gasteiger partial charge in [0.1, 0.15) is 0 Å². The van der Waals surface area contributed by atoms with Crippen molar-refractivity contribution in [3.8, 4) is 11.5 Å². The predicted molar refractivity (Wildman–Crippen MR) is 64.4 cm³/mol. The molecule has 0 amide bonds. The van der Waals surface area contributed by atoms with Crippen LogP contribution in [-0.4, -0.2) is 18.8 Å². The van der Waals surface area contributed by atoms with Crippen molar-refractivity contribution in [3.05, 3.63) is 22.2 Å². The lowest BCUT2D eigenvalue weighted by molar-refractivity contribution is 0.370. The number of phenolic OH excluding ortho intramolecular Hbond substituents is 1. The van der Waals surface area contributed by atoms with E-state index in [1.165, 1.54) is 7.11 Å². The van der Waals surface area contributed by atoms with E-state index in [4.69, 9.17) is 10.5 Å². The summed E-state index contributed by atoms with van der Waals surface area (Å²) in [5.41, 5.74) is 6.49. The number of halogens is 1. The Balaban J connectivity index is 3.29. The number of aromatic hydroxyl groups is 1. The Morgan fingerprint density at radius 2 is 2.07 bits per heavy atom. The summed E-state index contributed by atoms with van der Waals surface area (Å²) in [6.45, 7) is 4.56. The Hall–Kier alpha value is -0.740. The van der Waals surface area contributed by atoms with Crippen LogP contribution in [0.1, 0.15) is 19.4 Å². The molecule has 0 bridgehead atoms. The zero-order valence-corrected chi connectivity index (χ0v) is 10.8. The maximum absolute atomic E-state index is 9.82. The number of phenols is 1. The van der Waals surface area contributed by atoms with Gasteiger partial charge in [-0.25, -0.2) is 0 Å². The molecule has 0 spiro atoms. The lowest BCUT2D eigenvalue weighted by atomic mass is 9.84. The van der Waals surface area contributed by atoms with Gasteiger partial charge in [0.25, 0.3) is 0 Å². The van der Waals surface area contributed by atoms with Crippen LogP contribution in [0.2, 0.25) is 0 Å². The molecule has 3 nitrogen and oxygen atoms in total. The molecular formula is C11H16BrNO2. The maximum Gasteiger partial charge on any atom is 0.172 e. The number of hydrogen-bond acceptors (Lipinski definition) is 3. The molecule has 15 heavy (non-hydrogen) atoms. The Kier molecular flexibility index (Phi) is 3.62. The minimum atomic E-state index is -0.178. The van der Waals surface area contributed by atoms with E-state index in [1.807, 2.05) is 19.9 Å². The molecule has 0 heterocycles. The van der Waals surface area contributed by atoms with Crippen molar-refractivity contribution in [3.63, 3.8) is 0 Å². The number of hydrogen-bond donors (Lipinski definition) is 2. The molecule has 0 aliphatic carbocycles. The first kappa shape index (κ1) is 12.3. The van der Waals surface area contributed by atoms with Gasteiger partial charge in [0.2, 0.25) is 0 Å². The van der Waals surface area contributed by atoms with Crippen LogP contribution in [0.4, 0.5) is 0 Å². The average Bonchev–Trinajstić information content (AvgIpc) is 2.21. The van der Waals surface area contributed by atoms with Crippen molar-refractivity contribution in [2.75, 3.05) is 13.7 Å². The lowest BCUT2D eigenvalue weighted by Gasteiger charge is -2.25. The second-order valence-corrected chi connectivity index (χ2v) is 4.86. The molecular weight excluding hydrogens is 258 g/mol. The number of rotatable bonds is 3. The zero-order chi connectivity index (χ0) is 11.6. The van der Waals surface area contributed by atoms with Crippen LogP contribution in [0.25, 0.3) is 0 Å². The van der Waals surface area contributed by atoms with Gasteiger partial charge >= 0.3 is 0 Å². The highest BCUT2D eigenvalue weighted by Gasteiger charge is 2.24. The third kappa shape index (κ3) is 2.26. The Labute approximate surface area is 98.4 Å². The number of nitrogens with two attached hydrogens (primary N) is 1. The summed E-state index contributed by atoms with van der Waals surface area (Å²) in [6.07, 6.45) is 0. The molecule has 0 aliphatic heterocycles. The third-order valence-corrected chi connectivity index (χ3v) is 3.34. The second kappa shape index (κ2) is 4.41. The van der Waals surface area contributed by atoms with Crippen molar-refractivity contribution in [1.29, 1.82) is 0 Å². The summed E-state index contributed by atoms with van der Waals surface area (Å²) in [7, 11) is 1.52. The molecule has 0 radical (unpaired) electrons. The first-order valence-corrected chi connectivity index (χ1v) is 5.49. The third-order valence-electron chi connectivity index (χ3n) is 2.54. The first-order valence-electron chi connectivity index (χ1n) is 4.70. The summed E-state index contributed by atoms with van der Waals surface area (Å²) in [5.74, 6) is 0.579. The van der Waals surface area contributed by atoms with Crippen molar-refractivity contribution >= 4 is 15.9 Å². The summed E-state index contributed by atoms with van der Waals surface area (Å²) in [5, 5.41) is 9.82. The van der Waals surface area contributed by atoms with E-state index in [1.54, 1.807) is 6.07 Å². The van der Waals surface area contributed by atoms with Gasteiger partial charge in [-0.1, -0.05) is 19.9 Å². The lowest BCUT2D eigenvalue weighted by Crippen LogP contribution is -2.28. The highest BCUT2D eigenvalue weighted by atomic mass is 79.9. The van der Waals surface area contributed by atoms with Gasteiger partial charge in [0, 0.05) is 12.0 Å². The zero-order valence-electron chi connectivity index (χ0n) is 9.17. The first-order chi connectivity index (χ1) is 6.94. The van der Waals surface area contributed by atoms with Crippen LogP contribution in [-0.2, 0) is 5.41 Å². The van der Waals surface area contributed by atoms with Crippen molar-refractivity contribution < 1.29 is 9.84 Å². The van der Waals surface area contributed by atoms with Gasteiger partial charge in [0.05, 0.1) is 11.6 Å². The topological polar surface area (TPSA) is 55.5 Å². The maximum atomic E-state index is 9.82. The smallest absolute Gasteiger partial charge is 0.172 e. The van der Waals surface area contributed by atoms with E-state index in [0.717, 1.165) is 5.56 Å². The highest BCUT2D eigenvalue weighted by molar-refractivity contribution is 9.10. The van der Waals surface area contributed by atoms with E-state index in [2.05, 4.69) is 15.9 Å². The molecule has 1 rings (SSSR count). The number of ether oxygens (including phenoxy) is 1. The molecule has 0 fully saturated rings. The molecule has 0 unspecified atom stereocenters. The summed E-state index contributed by atoms with van der Waals surface area (Å²) in [6, 6.07) is 3.66. The molecule has 84 valence electrons. The molecule has 3 N–H and O–H groups in total. The van der Waals surface area contributed by atoms with E-state index in [-0.39, 0.29) is 11.2 Å². The molecule has 0 saturated carbocycles. The van der Waals surface area contributed by atoms with Crippen LogP contribution in [0.3, 0.4) is 0 Å². The molecule has 0 aromatic heterocycles. The van der Waals surface area contributed by atoms with E-state index < -0.39 is 0 Å². The standard InChI is InChI=1S/C11H16BrNO2/c1-11(2,6-13)7-4-5-8(15-3)10(14)9(7)12/h4-5,14H,6,13H2,1-3H3. The summed E-state index contributed by atoms with van der Waals surface area (Å²) >= 11 is 3.36. The fraction of sp³-hybridized carbons (Fsp3) is 0.455. The van der Waals surface area contributed by atoms with E-state index in [9.17, 15) is 5.11 Å². The van der Waals surface area contributed by atoms with Crippen molar-refractivity contribution in [2.24, 2.45) is 5.73 Å². The summed E-state index contributed by atoms with van der Waals surface area (Å²) < 4.78 is 5.67. The van der Waals surface area contributed by atoms with Gasteiger partial charge in [0.15, 0.2) is 11.5 Å². The number of benzene rings is 1. The van der Waals surface area contributed by atoms with Crippen molar-refractivity contribution in [1.82, 2.24) is 0 Å². The minimum absolute atomic E-state index is 0.122. The summed E-state index contributed by atoms with van der Waals surface area (Å²) in [4.78, 5) is 0. The van der Waals surface area contributed by atoms with Crippen LogP contribution in [0.15, 0.2) is 16.6 Å². The van der Waals surface area contributed by atoms with Crippen LogP contribution in [0.5, 0.6) is 11.5 Å². The highest BCUT2D eigenvalue weighted by Crippen LogP contribution is 2.40. The van der Waals surface area contributed by atoms with Gasteiger partial charge < -0.3 is 15.6 Å². The molecule has 1 aromatic rings. The van der Waals surface area contributed by atoms with Gasteiger partial charge in [-0.15, -0.1) is 0 Å². The SMILES string of the molecule is COc1ccc(C(C)(C)CN)c(Br)c1O. The van der Waals surface area contributed by atoms with E-state index >= 15 is 0 Å². The normalized spacial score (nSPS) is 11.5. The predicted octanol–water partition coefficient (Wildman–Crippen LogP) is 2.40. The van der Waals surface area contributed by atoms with Crippen molar-refractivity contribution in [2.45, 2.75) is 19.3 Å². The Morgan fingerprint density at radius 3 is 2.53 bits per heavy atom. The molecule has 1 aromatic carbocycles. The number of methoxy groups -OCH3 is 1. The Morgan fingerprint density at radius 1 is 1.47 bits per heavy atom. The molecule has 0 atom stereocenters. The van der Waals surface area contributed by atoms with Gasteiger partial charge in [-0.05, 0) is 27.6 Å². The largest absolute Gasteiger partial charge is 0.503 e. The fourth-order valence-electron chi connectivity index (χ4n) is 1.34. The van der Waals surface area contributed by atoms with Crippen LogP contribution >= 0.6 is 15.9 Å². The van der Waals surface area contributed by atoms with E-state index in [0.29, 0.717) is 16.8 Å². The van der Waals surface area contributed by atoms with Crippen LogP contribution < -0.4 is 10.5 Å². The second-order valence-electron chi connectivity index (χ2n) is 4.07. The monoisotopic (exact) mass is 273 g/mol. The molecule has 0 aliphatic rings. The van der Waals surface area contributed by atoms with Gasteiger partial charge in [-0.2, -0.15) is 0 Å². The quantitative estimate of drug-likeness (QED) is 0.889. The average molecular weight is 274 g/mol. The van der Waals surface area contributed by atoms with Gasteiger partial charge in [-0.3, -0.25) is 0 Å². The Bertz CT molecular complexity index is 364. The molecule has 0 saturated heterocycles. The molecule has 4 heteroatoms. The fourth-order valence-corrected chi connectivity index (χ4v) is 2.21. The minimum Gasteiger partial charge on any atom is -0.503 e.